The Morgan fingerprint density at radius 3 is 2.76 bits per heavy atom. The number of hydrogen-bond acceptors (Lipinski definition) is 6. The average molecular weight is 355 g/mol. The van der Waals surface area contributed by atoms with Gasteiger partial charge in [-0.05, 0) is 43.2 Å². The number of carbonyl (C=O) groups excluding carboxylic acids is 2. The number of aryl methyl sites for hydroxylation is 2. The van der Waals surface area contributed by atoms with Gasteiger partial charge >= 0.3 is 0 Å². The Bertz CT molecular complexity index is 838. The maximum atomic E-state index is 12.2. The first-order valence-electron chi connectivity index (χ1n) is 7.71. The molecule has 1 aromatic heterocycles. The number of benzene rings is 1. The van der Waals surface area contributed by atoms with E-state index in [1.165, 1.54) is 11.8 Å². The Morgan fingerprint density at radius 2 is 2.04 bits per heavy atom. The number of amides is 2. The van der Waals surface area contributed by atoms with E-state index in [1.54, 1.807) is 18.5 Å². The summed E-state index contributed by atoms with van der Waals surface area (Å²) in [4.78, 5) is 36.4. The van der Waals surface area contributed by atoms with Gasteiger partial charge in [0.1, 0.15) is 5.25 Å². The van der Waals surface area contributed by atoms with E-state index in [0.717, 1.165) is 16.8 Å². The predicted molar refractivity (Wildman–Crippen MR) is 97.8 cm³/mol. The number of nitrogens with zero attached hydrogens (tertiary/aromatic N) is 3. The van der Waals surface area contributed by atoms with Gasteiger partial charge in [-0.1, -0.05) is 17.8 Å². The van der Waals surface area contributed by atoms with Gasteiger partial charge in [0.05, 0.1) is 0 Å². The molecule has 2 amide bonds. The van der Waals surface area contributed by atoms with Crippen molar-refractivity contribution >= 4 is 40.4 Å². The van der Waals surface area contributed by atoms with Gasteiger partial charge in [0.2, 0.25) is 11.8 Å². The molecule has 1 atom stereocenters. The van der Waals surface area contributed by atoms with Crippen LogP contribution in [0.1, 0.15) is 17.5 Å². The Morgan fingerprint density at radius 1 is 1.28 bits per heavy atom. The number of nitrogens with one attached hydrogen (secondary N) is 2. The summed E-state index contributed by atoms with van der Waals surface area (Å²) in [6.07, 6.45) is 3.21. The summed E-state index contributed by atoms with van der Waals surface area (Å²) in [5, 5.41) is 5.36. The standard InChI is InChI=1S/C17H17N5O2S/c1-10-4-5-12(8-11(10)2)20-14(23)9-13-15(24)21-17(25-13)22-16-18-6-3-7-19-16/h3-8,13H,9H2,1-2H3,(H,20,23)(H,18,19,21,22,24). The van der Waals surface area contributed by atoms with Crippen molar-refractivity contribution in [3.63, 3.8) is 0 Å². The summed E-state index contributed by atoms with van der Waals surface area (Å²) in [5.41, 5.74) is 2.99. The molecule has 0 aliphatic carbocycles. The molecule has 0 radical (unpaired) electrons. The minimum absolute atomic E-state index is 0.0676. The summed E-state index contributed by atoms with van der Waals surface area (Å²) in [5.74, 6) is -0.187. The van der Waals surface area contributed by atoms with Crippen molar-refractivity contribution < 1.29 is 9.59 Å². The first-order chi connectivity index (χ1) is 12.0. The predicted octanol–water partition coefficient (Wildman–Crippen LogP) is 2.34. The molecular formula is C17H17N5O2S. The van der Waals surface area contributed by atoms with Crippen LogP contribution in [0.4, 0.5) is 11.6 Å². The molecule has 128 valence electrons. The SMILES string of the molecule is Cc1ccc(NC(=O)CC2S/C(=N\c3ncccn3)NC2=O)cc1C. The monoisotopic (exact) mass is 355 g/mol. The zero-order valence-corrected chi connectivity index (χ0v) is 14.6. The lowest BCUT2D eigenvalue weighted by Crippen LogP contribution is -2.28. The van der Waals surface area contributed by atoms with E-state index in [4.69, 9.17) is 0 Å². The molecule has 1 saturated heterocycles. The number of carbonyl (C=O) groups is 2. The summed E-state index contributed by atoms with van der Waals surface area (Å²) in [6, 6.07) is 7.40. The number of aliphatic imine (C=N–C) groups is 1. The van der Waals surface area contributed by atoms with Crippen molar-refractivity contribution in [1.29, 1.82) is 0 Å². The second kappa shape index (κ2) is 7.43. The number of rotatable bonds is 4. The van der Waals surface area contributed by atoms with Gasteiger partial charge in [-0.15, -0.1) is 0 Å². The lowest BCUT2D eigenvalue weighted by Gasteiger charge is -2.09. The molecular weight excluding hydrogens is 338 g/mol. The highest BCUT2D eigenvalue weighted by atomic mass is 32.2. The van der Waals surface area contributed by atoms with Crippen molar-refractivity contribution in [1.82, 2.24) is 15.3 Å². The van der Waals surface area contributed by atoms with Gasteiger partial charge in [-0.25, -0.2) is 9.97 Å². The highest BCUT2D eigenvalue weighted by Crippen LogP contribution is 2.24. The summed E-state index contributed by atoms with van der Waals surface area (Å²) >= 11 is 1.21. The normalized spacial score (nSPS) is 18.2. The molecule has 0 bridgehead atoms. The Kier molecular flexibility index (Phi) is 5.08. The molecule has 1 aliphatic heterocycles. The number of amidine groups is 1. The molecule has 1 fully saturated rings. The quantitative estimate of drug-likeness (QED) is 0.877. The molecule has 3 rings (SSSR count). The van der Waals surface area contributed by atoms with Crippen LogP contribution in [0.3, 0.4) is 0 Å². The summed E-state index contributed by atoms with van der Waals surface area (Å²) < 4.78 is 0. The fraction of sp³-hybridized carbons (Fsp3) is 0.235. The van der Waals surface area contributed by atoms with Crippen molar-refractivity contribution in [3.8, 4) is 0 Å². The van der Waals surface area contributed by atoms with Gasteiger partial charge in [0.25, 0.3) is 5.95 Å². The maximum absolute atomic E-state index is 12.2. The van der Waals surface area contributed by atoms with Crippen LogP contribution in [0.25, 0.3) is 0 Å². The van der Waals surface area contributed by atoms with Crippen molar-refractivity contribution in [2.45, 2.75) is 25.5 Å². The lowest BCUT2D eigenvalue weighted by atomic mass is 10.1. The molecule has 0 spiro atoms. The summed E-state index contributed by atoms with van der Waals surface area (Å²) in [6.45, 7) is 4.00. The maximum Gasteiger partial charge on any atom is 0.251 e. The van der Waals surface area contributed by atoms with E-state index in [0.29, 0.717) is 5.17 Å². The fourth-order valence-electron chi connectivity index (χ4n) is 2.23. The molecule has 7 nitrogen and oxygen atoms in total. The second-order valence-electron chi connectivity index (χ2n) is 5.61. The fourth-order valence-corrected chi connectivity index (χ4v) is 3.20. The van der Waals surface area contributed by atoms with Gasteiger partial charge in [-0.2, -0.15) is 4.99 Å². The van der Waals surface area contributed by atoms with Gasteiger partial charge in [0, 0.05) is 24.5 Å². The Labute approximate surface area is 149 Å². The highest BCUT2D eigenvalue weighted by molar-refractivity contribution is 8.15. The van der Waals surface area contributed by atoms with E-state index in [1.807, 2.05) is 32.0 Å². The zero-order valence-electron chi connectivity index (χ0n) is 13.8. The molecule has 1 unspecified atom stereocenters. The molecule has 1 aromatic carbocycles. The average Bonchev–Trinajstić information content (AvgIpc) is 2.91. The molecule has 1 aliphatic rings. The first kappa shape index (κ1) is 17.1. The molecule has 25 heavy (non-hydrogen) atoms. The van der Waals surface area contributed by atoms with Crippen LogP contribution in [0.15, 0.2) is 41.7 Å². The third-order valence-electron chi connectivity index (χ3n) is 3.69. The van der Waals surface area contributed by atoms with E-state index >= 15 is 0 Å². The number of aromatic nitrogens is 2. The van der Waals surface area contributed by atoms with E-state index in [2.05, 4.69) is 25.6 Å². The van der Waals surface area contributed by atoms with Crippen LogP contribution in [0, 0.1) is 13.8 Å². The molecule has 2 N–H and O–H groups in total. The number of anilines is 1. The highest BCUT2D eigenvalue weighted by Gasteiger charge is 2.32. The topological polar surface area (TPSA) is 96.3 Å². The van der Waals surface area contributed by atoms with Crippen LogP contribution >= 0.6 is 11.8 Å². The van der Waals surface area contributed by atoms with Gasteiger partial charge in [-0.3, -0.25) is 9.59 Å². The van der Waals surface area contributed by atoms with Crippen LogP contribution in [-0.2, 0) is 9.59 Å². The number of hydrogen-bond donors (Lipinski definition) is 2. The van der Waals surface area contributed by atoms with E-state index < -0.39 is 5.25 Å². The second-order valence-corrected chi connectivity index (χ2v) is 6.80. The van der Waals surface area contributed by atoms with Crippen molar-refractivity contribution in [2.75, 3.05) is 5.32 Å². The molecule has 8 heteroatoms. The largest absolute Gasteiger partial charge is 0.326 e. The van der Waals surface area contributed by atoms with Gasteiger partial charge in [0.15, 0.2) is 5.17 Å². The smallest absolute Gasteiger partial charge is 0.251 e. The Hall–Kier alpha value is -2.74. The van der Waals surface area contributed by atoms with E-state index in [9.17, 15) is 9.59 Å². The minimum Gasteiger partial charge on any atom is -0.326 e. The van der Waals surface area contributed by atoms with Crippen LogP contribution in [0.5, 0.6) is 0 Å². The third-order valence-corrected chi connectivity index (χ3v) is 4.77. The summed E-state index contributed by atoms with van der Waals surface area (Å²) in [7, 11) is 0. The lowest BCUT2D eigenvalue weighted by molar-refractivity contribution is -0.122. The molecule has 2 heterocycles. The minimum atomic E-state index is -0.519. The van der Waals surface area contributed by atoms with Gasteiger partial charge < -0.3 is 10.6 Å². The van der Waals surface area contributed by atoms with Crippen molar-refractivity contribution in [2.24, 2.45) is 4.99 Å². The van der Waals surface area contributed by atoms with Crippen LogP contribution in [0.2, 0.25) is 0 Å². The zero-order chi connectivity index (χ0) is 17.8. The van der Waals surface area contributed by atoms with Crippen LogP contribution in [-0.4, -0.2) is 32.2 Å². The Balaban J connectivity index is 1.61. The molecule has 2 aromatic rings. The van der Waals surface area contributed by atoms with Crippen LogP contribution < -0.4 is 10.6 Å². The van der Waals surface area contributed by atoms with Crippen molar-refractivity contribution in [3.05, 3.63) is 47.8 Å². The third kappa shape index (κ3) is 4.42. The molecule has 0 saturated carbocycles. The van der Waals surface area contributed by atoms with E-state index in [-0.39, 0.29) is 24.2 Å². The number of thioether (sulfide) groups is 1. The first-order valence-corrected chi connectivity index (χ1v) is 8.59.